The molecule has 6 nitrogen and oxygen atoms in total. The second-order valence-corrected chi connectivity index (χ2v) is 7.37. The average molecular weight is 463 g/mol. The van der Waals surface area contributed by atoms with Crippen LogP contribution in [-0.4, -0.2) is 15.0 Å². The van der Waals surface area contributed by atoms with E-state index in [0.29, 0.717) is 29.0 Å². The SMILES string of the molecule is CCCCn1cc(C(=O)NCc2ccc(F)cc2)c(=O)n(-c2cccc(C(F)(F)F)c2)c1=O. The second-order valence-electron chi connectivity index (χ2n) is 7.37. The van der Waals surface area contributed by atoms with Crippen molar-refractivity contribution in [1.29, 1.82) is 0 Å². The number of benzene rings is 2. The highest BCUT2D eigenvalue weighted by molar-refractivity contribution is 5.93. The van der Waals surface area contributed by atoms with E-state index in [2.05, 4.69) is 5.32 Å². The normalized spacial score (nSPS) is 11.4. The molecule has 0 saturated carbocycles. The van der Waals surface area contributed by atoms with Gasteiger partial charge in [0.1, 0.15) is 11.4 Å². The molecule has 3 aromatic rings. The van der Waals surface area contributed by atoms with Gasteiger partial charge in [-0.3, -0.25) is 14.2 Å². The zero-order chi connectivity index (χ0) is 24.2. The lowest BCUT2D eigenvalue weighted by Crippen LogP contribution is -2.43. The molecule has 2 aromatic carbocycles. The van der Waals surface area contributed by atoms with Gasteiger partial charge in [0.15, 0.2) is 0 Å². The molecule has 1 aromatic heterocycles. The van der Waals surface area contributed by atoms with Crippen molar-refractivity contribution < 1.29 is 22.4 Å². The van der Waals surface area contributed by atoms with Gasteiger partial charge in [0.2, 0.25) is 0 Å². The lowest BCUT2D eigenvalue weighted by atomic mass is 10.2. The summed E-state index contributed by atoms with van der Waals surface area (Å²) in [6.07, 6.45) is -2.30. The van der Waals surface area contributed by atoms with Crippen LogP contribution in [0.25, 0.3) is 5.69 Å². The van der Waals surface area contributed by atoms with Crippen LogP contribution in [0.5, 0.6) is 0 Å². The van der Waals surface area contributed by atoms with Crippen LogP contribution in [0.4, 0.5) is 17.6 Å². The summed E-state index contributed by atoms with van der Waals surface area (Å²) in [5.74, 6) is -1.26. The summed E-state index contributed by atoms with van der Waals surface area (Å²) in [4.78, 5) is 38.7. The molecule has 0 aliphatic carbocycles. The Balaban J connectivity index is 2.06. The van der Waals surface area contributed by atoms with Gasteiger partial charge in [-0.2, -0.15) is 13.2 Å². The van der Waals surface area contributed by atoms with Gasteiger partial charge < -0.3 is 5.32 Å². The number of amides is 1. The Morgan fingerprint density at radius 3 is 2.39 bits per heavy atom. The monoisotopic (exact) mass is 463 g/mol. The predicted octanol–water partition coefficient (Wildman–Crippen LogP) is 3.89. The third-order valence-electron chi connectivity index (χ3n) is 4.95. The number of alkyl halides is 3. The van der Waals surface area contributed by atoms with Gasteiger partial charge in [0.25, 0.3) is 11.5 Å². The van der Waals surface area contributed by atoms with Crippen molar-refractivity contribution in [3.8, 4) is 5.69 Å². The van der Waals surface area contributed by atoms with Crippen LogP contribution in [0, 0.1) is 5.82 Å². The Bertz CT molecular complexity index is 1260. The molecular weight excluding hydrogens is 442 g/mol. The number of unbranched alkanes of at least 4 members (excludes halogenated alkanes) is 1. The number of nitrogens with zero attached hydrogens (tertiary/aromatic N) is 2. The van der Waals surface area contributed by atoms with Gasteiger partial charge in [0, 0.05) is 19.3 Å². The molecule has 0 atom stereocenters. The number of rotatable bonds is 7. The summed E-state index contributed by atoms with van der Waals surface area (Å²) in [7, 11) is 0. The van der Waals surface area contributed by atoms with E-state index >= 15 is 0 Å². The van der Waals surface area contributed by atoms with Crippen molar-refractivity contribution in [1.82, 2.24) is 14.5 Å². The number of halogens is 4. The molecule has 1 N–H and O–H groups in total. The van der Waals surface area contributed by atoms with Gasteiger partial charge in [0.05, 0.1) is 11.3 Å². The molecule has 3 rings (SSSR count). The zero-order valence-electron chi connectivity index (χ0n) is 17.7. The van der Waals surface area contributed by atoms with E-state index in [-0.39, 0.29) is 18.8 Å². The van der Waals surface area contributed by atoms with Crippen molar-refractivity contribution >= 4 is 5.91 Å². The fraction of sp³-hybridized carbons (Fsp3) is 0.261. The predicted molar refractivity (Wildman–Crippen MR) is 114 cm³/mol. The number of carbonyl (C=O) groups is 1. The van der Waals surface area contributed by atoms with Gasteiger partial charge in [-0.05, 0) is 42.3 Å². The van der Waals surface area contributed by atoms with E-state index in [4.69, 9.17) is 0 Å². The zero-order valence-corrected chi connectivity index (χ0v) is 17.7. The minimum atomic E-state index is -4.68. The lowest BCUT2D eigenvalue weighted by molar-refractivity contribution is -0.137. The van der Waals surface area contributed by atoms with E-state index in [1.807, 2.05) is 6.92 Å². The Morgan fingerprint density at radius 1 is 1.06 bits per heavy atom. The molecule has 1 amide bonds. The third kappa shape index (κ3) is 5.57. The van der Waals surface area contributed by atoms with E-state index in [1.165, 1.54) is 30.3 Å². The molecule has 0 fully saturated rings. The molecule has 10 heteroatoms. The quantitative estimate of drug-likeness (QED) is 0.541. The number of aryl methyl sites for hydroxylation is 1. The van der Waals surface area contributed by atoms with E-state index in [0.717, 1.165) is 22.9 Å². The molecule has 0 saturated heterocycles. The number of hydrogen-bond acceptors (Lipinski definition) is 3. The van der Waals surface area contributed by atoms with Crippen LogP contribution in [0.2, 0.25) is 0 Å². The van der Waals surface area contributed by atoms with Crippen LogP contribution in [0.15, 0.2) is 64.3 Å². The summed E-state index contributed by atoms with van der Waals surface area (Å²) in [6, 6.07) is 9.14. The number of hydrogen-bond donors (Lipinski definition) is 1. The fourth-order valence-electron chi connectivity index (χ4n) is 3.18. The summed E-state index contributed by atoms with van der Waals surface area (Å²) in [6.45, 7) is 2.03. The summed E-state index contributed by atoms with van der Waals surface area (Å²) in [5, 5.41) is 2.52. The maximum atomic E-state index is 13.2. The maximum Gasteiger partial charge on any atom is 0.416 e. The molecule has 0 spiro atoms. The van der Waals surface area contributed by atoms with Crippen LogP contribution in [-0.2, 0) is 19.3 Å². The largest absolute Gasteiger partial charge is 0.416 e. The van der Waals surface area contributed by atoms with Gasteiger partial charge in [-0.1, -0.05) is 31.5 Å². The van der Waals surface area contributed by atoms with Crippen molar-refractivity contribution in [2.75, 3.05) is 0 Å². The first-order chi connectivity index (χ1) is 15.6. The van der Waals surface area contributed by atoms with Crippen molar-refractivity contribution in [2.45, 2.75) is 39.0 Å². The molecule has 0 aliphatic heterocycles. The smallest absolute Gasteiger partial charge is 0.348 e. The lowest BCUT2D eigenvalue weighted by Gasteiger charge is -2.14. The molecule has 0 unspecified atom stereocenters. The Labute approximate surface area is 186 Å². The molecule has 33 heavy (non-hydrogen) atoms. The van der Waals surface area contributed by atoms with Crippen molar-refractivity contribution in [3.05, 3.63) is 98.1 Å². The topological polar surface area (TPSA) is 73.1 Å². The molecule has 174 valence electrons. The maximum absolute atomic E-state index is 13.2. The van der Waals surface area contributed by atoms with Gasteiger partial charge in [-0.25, -0.2) is 13.8 Å². The van der Waals surface area contributed by atoms with E-state index in [9.17, 15) is 31.9 Å². The van der Waals surface area contributed by atoms with Crippen molar-refractivity contribution in [2.24, 2.45) is 0 Å². The van der Waals surface area contributed by atoms with Crippen LogP contribution in [0.1, 0.15) is 41.3 Å². The highest BCUT2D eigenvalue weighted by Crippen LogP contribution is 2.29. The molecular formula is C23H21F4N3O3. The highest BCUT2D eigenvalue weighted by atomic mass is 19.4. The summed E-state index contributed by atoms with van der Waals surface area (Å²) in [5.41, 5.74) is -3.03. The summed E-state index contributed by atoms with van der Waals surface area (Å²) >= 11 is 0. The molecule has 0 bridgehead atoms. The van der Waals surface area contributed by atoms with E-state index < -0.39 is 40.3 Å². The van der Waals surface area contributed by atoms with Gasteiger partial charge in [-0.15, -0.1) is 0 Å². The first-order valence-electron chi connectivity index (χ1n) is 10.2. The van der Waals surface area contributed by atoms with Crippen LogP contribution >= 0.6 is 0 Å². The van der Waals surface area contributed by atoms with Gasteiger partial charge >= 0.3 is 11.9 Å². The Morgan fingerprint density at radius 2 is 1.76 bits per heavy atom. The Hall–Kier alpha value is -3.69. The number of aromatic nitrogens is 2. The number of carbonyl (C=O) groups excluding carboxylic acids is 1. The molecule has 0 aliphatic rings. The molecule has 1 heterocycles. The highest BCUT2D eigenvalue weighted by Gasteiger charge is 2.31. The minimum Gasteiger partial charge on any atom is -0.348 e. The molecule has 0 radical (unpaired) electrons. The van der Waals surface area contributed by atoms with Crippen LogP contribution < -0.4 is 16.6 Å². The summed E-state index contributed by atoms with van der Waals surface area (Å²) < 4.78 is 54.3. The fourth-order valence-corrected chi connectivity index (χ4v) is 3.18. The number of nitrogens with one attached hydrogen (secondary N) is 1. The van der Waals surface area contributed by atoms with E-state index in [1.54, 1.807) is 0 Å². The first kappa shape index (κ1) is 24.0. The first-order valence-corrected chi connectivity index (χ1v) is 10.2. The Kier molecular flexibility index (Phi) is 7.15. The van der Waals surface area contributed by atoms with Crippen molar-refractivity contribution in [3.63, 3.8) is 0 Å². The average Bonchev–Trinajstić information content (AvgIpc) is 2.78. The second kappa shape index (κ2) is 9.85. The minimum absolute atomic E-state index is 0.0177. The standard InChI is InChI=1S/C23H21F4N3O3/c1-2-3-11-29-14-19(20(31)28-13-15-7-9-17(24)10-8-15)21(32)30(22(29)33)18-6-4-5-16(12-18)23(25,26)27/h4-10,12,14H,2-3,11,13H2,1H3,(H,28,31). The van der Waals surface area contributed by atoms with Crippen LogP contribution in [0.3, 0.4) is 0 Å². The third-order valence-corrected chi connectivity index (χ3v) is 4.95.